The number of rotatable bonds is 12. The number of anilines is 1. The van der Waals surface area contributed by atoms with E-state index in [4.69, 9.17) is 4.74 Å². The molecule has 0 spiro atoms. The van der Waals surface area contributed by atoms with Crippen molar-refractivity contribution in [2.75, 3.05) is 24.2 Å². The number of sulfonamides is 1. The van der Waals surface area contributed by atoms with E-state index in [-0.39, 0.29) is 12.5 Å². The van der Waals surface area contributed by atoms with Crippen molar-refractivity contribution < 1.29 is 22.7 Å². The zero-order valence-electron chi connectivity index (χ0n) is 21.3. The Labute approximate surface area is 218 Å². The lowest BCUT2D eigenvalue weighted by Gasteiger charge is -2.32. The Morgan fingerprint density at radius 2 is 1.46 bits per heavy atom. The molecule has 1 N–H and O–H groups in total. The molecule has 2 amide bonds. The molecule has 0 aliphatic rings. The smallest absolute Gasteiger partial charge is 0.244 e. The Morgan fingerprint density at radius 3 is 1.97 bits per heavy atom. The average Bonchev–Trinajstić information content (AvgIpc) is 2.91. The van der Waals surface area contributed by atoms with Crippen molar-refractivity contribution in [1.29, 1.82) is 0 Å². The van der Waals surface area contributed by atoms with Crippen molar-refractivity contribution in [3.63, 3.8) is 0 Å². The zero-order valence-corrected chi connectivity index (χ0v) is 22.1. The second kappa shape index (κ2) is 12.9. The average molecular weight is 524 g/mol. The standard InChI is InChI=1S/C28H33N3O5S/c1-4-26(28(33)29-2)30(19-22-11-7-5-8-12-22)27(32)20-31(37(3,34)35)24-15-17-25(18-16-24)36-21-23-13-9-6-10-14-23/h5-18,26H,4,19-21H2,1-3H3,(H,29,33)/t26-/m0/s1. The van der Waals surface area contributed by atoms with Crippen molar-refractivity contribution in [1.82, 2.24) is 10.2 Å². The lowest BCUT2D eigenvalue weighted by molar-refractivity contribution is -0.140. The summed E-state index contributed by atoms with van der Waals surface area (Å²) in [6.45, 7) is 1.92. The van der Waals surface area contributed by atoms with E-state index in [2.05, 4.69) is 5.32 Å². The van der Waals surface area contributed by atoms with E-state index in [0.29, 0.717) is 24.5 Å². The molecule has 8 nitrogen and oxygen atoms in total. The number of benzene rings is 3. The summed E-state index contributed by atoms with van der Waals surface area (Å²) < 4.78 is 32.3. The number of carbonyl (C=O) groups excluding carboxylic acids is 2. The van der Waals surface area contributed by atoms with Crippen LogP contribution < -0.4 is 14.4 Å². The zero-order chi connectivity index (χ0) is 26.8. The van der Waals surface area contributed by atoms with Gasteiger partial charge in [-0.25, -0.2) is 8.42 Å². The van der Waals surface area contributed by atoms with E-state index >= 15 is 0 Å². The number of ether oxygens (including phenoxy) is 1. The van der Waals surface area contributed by atoms with Crippen LogP contribution in [0, 0.1) is 0 Å². The van der Waals surface area contributed by atoms with Crippen molar-refractivity contribution in [2.24, 2.45) is 0 Å². The third kappa shape index (κ3) is 7.82. The summed E-state index contributed by atoms with van der Waals surface area (Å²) in [6.07, 6.45) is 1.43. The minimum Gasteiger partial charge on any atom is -0.489 e. The molecule has 196 valence electrons. The fourth-order valence-corrected chi connectivity index (χ4v) is 4.78. The highest BCUT2D eigenvalue weighted by Crippen LogP contribution is 2.23. The molecule has 0 aromatic heterocycles. The van der Waals surface area contributed by atoms with Crippen molar-refractivity contribution in [3.05, 3.63) is 96.1 Å². The van der Waals surface area contributed by atoms with Crippen molar-refractivity contribution in [2.45, 2.75) is 32.5 Å². The minimum atomic E-state index is -3.80. The van der Waals surface area contributed by atoms with Gasteiger partial charge >= 0.3 is 0 Å². The summed E-state index contributed by atoms with van der Waals surface area (Å²) in [6, 6.07) is 24.8. The molecule has 9 heteroatoms. The summed E-state index contributed by atoms with van der Waals surface area (Å²) in [5.74, 6) is -0.213. The van der Waals surface area contributed by atoms with E-state index in [1.807, 2.05) is 67.6 Å². The highest BCUT2D eigenvalue weighted by Gasteiger charge is 2.31. The van der Waals surface area contributed by atoms with Crippen LogP contribution >= 0.6 is 0 Å². The minimum absolute atomic E-state index is 0.176. The Hall–Kier alpha value is -3.85. The monoisotopic (exact) mass is 523 g/mol. The van der Waals surface area contributed by atoms with Crippen LogP contribution in [-0.2, 0) is 32.8 Å². The summed E-state index contributed by atoms with van der Waals surface area (Å²) in [7, 11) is -2.29. The Balaban J connectivity index is 1.82. The first-order chi connectivity index (χ1) is 17.7. The van der Waals surface area contributed by atoms with E-state index in [1.165, 1.54) is 11.9 Å². The van der Waals surface area contributed by atoms with Gasteiger partial charge in [-0.15, -0.1) is 0 Å². The summed E-state index contributed by atoms with van der Waals surface area (Å²) in [4.78, 5) is 27.6. The topological polar surface area (TPSA) is 96.0 Å². The maximum absolute atomic E-state index is 13.5. The van der Waals surface area contributed by atoms with E-state index in [0.717, 1.165) is 21.7 Å². The Bertz CT molecular complexity index is 1270. The maximum Gasteiger partial charge on any atom is 0.244 e. The summed E-state index contributed by atoms with van der Waals surface area (Å²) in [5, 5.41) is 2.60. The van der Waals surface area contributed by atoms with Crippen LogP contribution in [0.1, 0.15) is 24.5 Å². The molecule has 3 rings (SSSR count). The molecule has 3 aromatic rings. The lowest BCUT2D eigenvalue weighted by atomic mass is 10.1. The molecule has 0 fully saturated rings. The lowest BCUT2D eigenvalue weighted by Crippen LogP contribution is -2.51. The molecule has 37 heavy (non-hydrogen) atoms. The number of carbonyl (C=O) groups is 2. The number of amides is 2. The Kier molecular flexibility index (Phi) is 9.68. The van der Waals surface area contributed by atoms with Crippen LogP contribution in [0.15, 0.2) is 84.9 Å². The second-order valence-corrected chi connectivity index (χ2v) is 10.5. The first-order valence-corrected chi connectivity index (χ1v) is 13.9. The quantitative estimate of drug-likeness (QED) is 0.392. The molecular weight excluding hydrogens is 490 g/mol. The third-order valence-electron chi connectivity index (χ3n) is 5.88. The SMILES string of the molecule is CC[C@@H](C(=O)NC)N(Cc1ccccc1)C(=O)CN(c1ccc(OCc2ccccc2)cc1)S(C)(=O)=O. The fourth-order valence-electron chi connectivity index (χ4n) is 3.93. The molecule has 0 saturated carbocycles. The number of nitrogens with one attached hydrogen (secondary N) is 1. The molecule has 1 atom stereocenters. The summed E-state index contributed by atoms with van der Waals surface area (Å²) >= 11 is 0. The molecule has 0 bridgehead atoms. The van der Waals surface area contributed by atoms with Gasteiger partial charge in [-0.2, -0.15) is 0 Å². The Morgan fingerprint density at radius 1 is 0.892 bits per heavy atom. The fraction of sp³-hybridized carbons (Fsp3) is 0.286. The number of likely N-dealkylation sites (N-methyl/N-ethyl adjacent to an activating group) is 1. The van der Waals surface area contributed by atoms with Gasteiger partial charge in [0.15, 0.2) is 0 Å². The van der Waals surface area contributed by atoms with E-state index in [1.54, 1.807) is 24.3 Å². The molecule has 3 aromatic carbocycles. The highest BCUT2D eigenvalue weighted by molar-refractivity contribution is 7.92. The van der Waals surface area contributed by atoms with Gasteiger partial charge in [-0.3, -0.25) is 13.9 Å². The van der Waals surface area contributed by atoms with Gasteiger partial charge in [0.1, 0.15) is 24.9 Å². The molecule has 0 heterocycles. The van der Waals surface area contributed by atoms with Gasteiger partial charge in [0, 0.05) is 13.6 Å². The highest BCUT2D eigenvalue weighted by atomic mass is 32.2. The van der Waals surface area contributed by atoms with Gasteiger partial charge in [-0.1, -0.05) is 67.6 Å². The number of nitrogens with zero attached hydrogens (tertiary/aromatic N) is 2. The van der Waals surface area contributed by atoms with Gasteiger partial charge in [0.05, 0.1) is 11.9 Å². The van der Waals surface area contributed by atoms with Crippen molar-refractivity contribution >= 4 is 27.5 Å². The number of hydrogen-bond donors (Lipinski definition) is 1. The molecule has 0 aliphatic carbocycles. The predicted molar refractivity (Wildman–Crippen MR) is 145 cm³/mol. The van der Waals surface area contributed by atoms with Gasteiger partial charge < -0.3 is 15.0 Å². The van der Waals surface area contributed by atoms with Crippen LogP contribution in [0.3, 0.4) is 0 Å². The predicted octanol–water partition coefficient (Wildman–Crippen LogP) is 3.59. The van der Waals surface area contributed by atoms with Crippen LogP contribution in [0.2, 0.25) is 0 Å². The maximum atomic E-state index is 13.5. The largest absolute Gasteiger partial charge is 0.489 e. The van der Waals surface area contributed by atoms with Crippen LogP contribution in [0.25, 0.3) is 0 Å². The van der Waals surface area contributed by atoms with Gasteiger partial charge in [-0.05, 0) is 41.8 Å². The van der Waals surface area contributed by atoms with E-state index in [9.17, 15) is 18.0 Å². The molecular formula is C28H33N3O5S. The first kappa shape index (κ1) is 27.7. The normalized spacial score (nSPS) is 11.9. The molecule has 0 unspecified atom stereocenters. The van der Waals surface area contributed by atoms with E-state index < -0.39 is 28.5 Å². The molecule has 0 aliphatic heterocycles. The second-order valence-electron chi connectivity index (χ2n) is 8.58. The van der Waals surface area contributed by atoms with Crippen molar-refractivity contribution in [3.8, 4) is 5.75 Å². The third-order valence-corrected chi connectivity index (χ3v) is 7.02. The first-order valence-electron chi connectivity index (χ1n) is 12.0. The van der Waals surface area contributed by atoms with Crippen LogP contribution in [0.5, 0.6) is 5.75 Å². The summed E-state index contributed by atoms with van der Waals surface area (Å²) in [5.41, 5.74) is 2.18. The molecule has 0 radical (unpaired) electrons. The van der Waals surface area contributed by atoms with Crippen LogP contribution in [0.4, 0.5) is 5.69 Å². The van der Waals surface area contributed by atoms with Crippen LogP contribution in [-0.4, -0.2) is 51.0 Å². The molecule has 0 saturated heterocycles. The number of hydrogen-bond acceptors (Lipinski definition) is 5. The van der Waals surface area contributed by atoms with Gasteiger partial charge in [0.2, 0.25) is 21.8 Å². The van der Waals surface area contributed by atoms with Gasteiger partial charge in [0.25, 0.3) is 0 Å².